The lowest BCUT2D eigenvalue weighted by molar-refractivity contribution is -0.122. The summed E-state index contributed by atoms with van der Waals surface area (Å²) < 4.78 is 2.78. The third-order valence-electron chi connectivity index (χ3n) is 5.39. The second-order valence-corrected chi connectivity index (χ2v) is 7.49. The van der Waals surface area contributed by atoms with E-state index < -0.39 is 0 Å². The molecular formula is C21H25N5O2. The highest BCUT2D eigenvalue weighted by molar-refractivity contribution is 5.76. The van der Waals surface area contributed by atoms with Crippen LogP contribution in [0.25, 0.3) is 5.65 Å². The number of aryl methyl sites for hydroxylation is 1. The van der Waals surface area contributed by atoms with Gasteiger partial charge in [-0.1, -0.05) is 35.9 Å². The Morgan fingerprint density at radius 2 is 2.11 bits per heavy atom. The number of benzene rings is 1. The molecule has 2 N–H and O–H groups in total. The molecule has 1 amide bonds. The number of amides is 1. The van der Waals surface area contributed by atoms with Crippen molar-refractivity contribution in [2.24, 2.45) is 0 Å². The molecular weight excluding hydrogens is 354 g/mol. The lowest BCUT2D eigenvalue weighted by Crippen LogP contribution is -2.34. The summed E-state index contributed by atoms with van der Waals surface area (Å²) in [5.74, 6) is 0.108. The minimum Gasteiger partial charge on any atom is -0.348 e. The molecule has 1 aliphatic rings. The first-order valence-corrected chi connectivity index (χ1v) is 9.67. The molecule has 1 aromatic carbocycles. The molecule has 1 aliphatic heterocycles. The SMILES string of the molecule is Cc1ccc([C@H](C)NC(=O)Cn2nc3c(C4CCNC4)cccn3c2=O)cc1. The number of carbonyl (C=O) groups is 1. The van der Waals surface area contributed by atoms with Gasteiger partial charge in [-0.3, -0.25) is 9.20 Å². The first-order valence-electron chi connectivity index (χ1n) is 9.67. The monoisotopic (exact) mass is 379 g/mol. The summed E-state index contributed by atoms with van der Waals surface area (Å²) in [5.41, 5.74) is 3.60. The smallest absolute Gasteiger partial charge is 0.348 e. The number of nitrogens with one attached hydrogen (secondary N) is 2. The van der Waals surface area contributed by atoms with Crippen molar-refractivity contribution in [3.05, 3.63) is 69.8 Å². The summed E-state index contributed by atoms with van der Waals surface area (Å²) in [4.78, 5) is 25.2. The molecule has 1 unspecified atom stereocenters. The third kappa shape index (κ3) is 3.57. The Morgan fingerprint density at radius 1 is 1.32 bits per heavy atom. The van der Waals surface area contributed by atoms with Crippen molar-refractivity contribution in [1.82, 2.24) is 24.8 Å². The maximum atomic E-state index is 12.7. The number of aromatic nitrogens is 3. The molecule has 3 aromatic rings. The highest BCUT2D eigenvalue weighted by Gasteiger charge is 2.22. The molecule has 2 aromatic heterocycles. The van der Waals surface area contributed by atoms with Crippen LogP contribution in [0.4, 0.5) is 0 Å². The van der Waals surface area contributed by atoms with Gasteiger partial charge in [-0.2, -0.15) is 0 Å². The maximum absolute atomic E-state index is 12.7. The van der Waals surface area contributed by atoms with Gasteiger partial charge in [-0.25, -0.2) is 9.48 Å². The van der Waals surface area contributed by atoms with E-state index in [1.165, 1.54) is 14.6 Å². The van der Waals surface area contributed by atoms with E-state index in [2.05, 4.69) is 15.7 Å². The zero-order valence-electron chi connectivity index (χ0n) is 16.2. The van der Waals surface area contributed by atoms with Crippen LogP contribution < -0.4 is 16.3 Å². The quantitative estimate of drug-likeness (QED) is 0.708. The van der Waals surface area contributed by atoms with Gasteiger partial charge in [-0.15, -0.1) is 5.10 Å². The van der Waals surface area contributed by atoms with Crippen molar-refractivity contribution in [2.75, 3.05) is 13.1 Å². The van der Waals surface area contributed by atoms with E-state index in [1.54, 1.807) is 6.20 Å². The molecule has 28 heavy (non-hydrogen) atoms. The third-order valence-corrected chi connectivity index (χ3v) is 5.39. The van der Waals surface area contributed by atoms with E-state index in [0.717, 1.165) is 30.6 Å². The van der Waals surface area contributed by atoms with Gasteiger partial charge >= 0.3 is 5.69 Å². The van der Waals surface area contributed by atoms with Gasteiger partial charge in [0, 0.05) is 24.2 Å². The molecule has 0 spiro atoms. The predicted molar refractivity (Wildman–Crippen MR) is 107 cm³/mol. The minimum absolute atomic E-state index is 0.0981. The van der Waals surface area contributed by atoms with Crippen molar-refractivity contribution < 1.29 is 4.79 Å². The molecule has 0 saturated carbocycles. The van der Waals surface area contributed by atoms with Crippen LogP contribution in [0.2, 0.25) is 0 Å². The number of pyridine rings is 1. The fourth-order valence-corrected chi connectivity index (χ4v) is 3.76. The second kappa shape index (κ2) is 7.59. The molecule has 1 fully saturated rings. The van der Waals surface area contributed by atoms with E-state index in [4.69, 9.17) is 0 Å². The average molecular weight is 379 g/mol. The van der Waals surface area contributed by atoms with Crippen molar-refractivity contribution in [3.63, 3.8) is 0 Å². The topological polar surface area (TPSA) is 80.4 Å². The molecule has 0 aliphatic carbocycles. The largest absolute Gasteiger partial charge is 0.350 e. The van der Waals surface area contributed by atoms with E-state index in [1.807, 2.05) is 50.2 Å². The zero-order valence-corrected chi connectivity index (χ0v) is 16.2. The van der Waals surface area contributed by atoms with E-state index in [-0.39, 0.29) is 24.2 Å². The lowest BCUT2D eigenvalue weighted by Gasteiger charge is -2.14. The number of nitrogens with zero attached hydrogens (tertiary/aromatic N) is 3. The molecule has 2 atom stereocenters. The maximum Gasteiger partial charge on any atom is 0.350 e. The van der Waals surface area contributed by atoms with Crippen LogP contribution in [-0.4, -0.2) is 33.2 Å². The Balaban J connectivity index is 1.53. The van der Waals surface area contributed by atoms with Crippen molar-refractivity contribution in [2.45, 2.75) is 38.8 Å². The molecule has 3 heterocycles. The highest BCUT2D eigenvalue weighted by atomic mass is 16.2. The van der Waals surface area contributed by atoms with Gasteiger partial charge in [0.15, 0.2) is 5.65 Å². The van der Waals surface area contributed by atoms with Gasteiger partial charge in [0.1, 0.15) is 6.54 Å². The van der Waals surface area contributed by atoms with Crippen LogP contribution >= 0.6 is 0 Å². The van der Waals surface area contributed by atoms with Gasteiger partial charge in [0.05, 0.1) is 6.04 Å². The van der Waals surface area contributed by atoms with Gasteiger partial charge in [0.2, 0.25) is 5.91 Å². The van der Waals surface area contributed by atoms with Gasteiger partial charge in [0.25, 0.3) is 0 Å². The van der Waals surface area contributed by atoms with E-state index in [9.17, 15) is 9.59 Å². The summed E-state index contributed by atoms with van der Waals surface area (Å²) in [5, 5.41) is 10.8. The van der Waals surface area contributed by atoms with Gasteiger partial charge in [-0.05, 0) is 38.4 Å². The minimum atomic E-state index is -0.291. The molecule has 7 heteroatoms. The first kappa shape index (κ1) is 18.4. The Hall–Kier alpha value is -2.93. The fraction of sp³-hybridized carbons (Fsp3) is 0.381. The standard InChI is InChI=1S/C21H25N5O2/c1-14-5-7-16(8-6-14)15(2)23-19(27)13-26-21(28)25-11-3-4-18(20(25)24-26)17-9-10-22-12-17/h3-8,11,15,17,22H,9-10,12-13H2,1-2H3,(H,23,27)/t15-,17?/m0/s1. The number of hydrogen-bond acceptors (Lipinski definition) is 4. The Bertz CT molecular complexity index is 1040. The summed E-state index contributed by atoms with van der Waals surface area (Å²) >= 11 is 0. The Morgan fingerprint density at radius 3 is 2.82 bits per heavy atom. The predicted octanol–water partition coefficient (Wildman–Crippen LogP) is 1.76. The summed E-state index contributed by atoms with van der Waals surface area (Å²) in [6.45, 7) is 5.71. The van der Waals surface area contributed by atoms with Gasteiger partial charge < -0.3 is 10.6 Å². The van der Waals surface area contributed by atoms with Crippen LogP contribution in [0.5, 0.6) is 0 Å². The summed E-state index contributed by atoms with van der Waals surface area (Å²) in [6, 6.07) is 11.8. The average Bonchev–Trinajstić information content (AvgIpc) is 3.31. The lowest BCUT2D eigenvalue weighted by atomic mass is 10.00. The second-order valence-electron chi connectivity index (χ2n) is 7.49. The number of carbonyl (C=O) groups excluding carboxylic acids is 1. The van der Waals surface area contributed by atoms with Crippen molar-refractivity contribution in [3.8, 4) is 0 Å². The van der Waals surface area contributed by atoms with Crippen LogP contribution in [-0.2, 0) is 11.3 Å². The number of fused-ring (bicyclic) bond motifs is 1. The summed E-state index contributed by atoms with van der Waals surface area (Å²) in [6.07, 6.45) is 2.73. The Labute approximate surface area is 163 Å². The van der Waals surface area contributed by atoms with Crippen LogP contribution in [0.1, 0.15) is 42.0 Å². The van der Waals surface area contributed by atoms with E-state index >= 15 is 0 Å². The number of hydrogen-bond donors (Lipinski definition) is 2. The molecule has 0 bridgehead atoms. The molecule has 146 valence electrons. The molecule has 1 saturated heterocycles. The van der Waals surface area contributed by atoms with Crippen LogP contribution in [0, 0.1) is 6.92 Å². The van der Waals surface area contributed by atoms with E-state index in [0.29, 0.717) is 11.6 Å². The summed E-state index contributed by atoms with van der Waals surface area (Å²) in [7, 11) is 0. The molecule has 7 nitrogen and oxygen atoms in total. The highest BCUT2D eigenvalue weighted by Crippen LogP contribution is 2.24. The Kier molecular flexibility index (Phi) is 5.00. The number of rotatable bonds is 5. The molecule has 4 rings (SSSR count). The van der Waals surface area contributed by atoms with Crippen LogP contribution in [0.3, 0.4) is 0 Å². The zero-order chi connectivity index (χ0) is 19.7. The van der Waals surface area contributed by atoms with Crippen LogP contribution in [0.15, 0.2) is 47.4 Å². The fourth-order valence-electron chi connectivity index (χ4n) is 3.76. The molecule has 0 radical (unpaired) electrons. The van der Waals surface area contributed by atoms with Crippen molar-refractivity contribution >= 4 is 11.6 Å². The van der Waals surface area contributed by atoms with Crippen molar-refractivity contribution in [1.29, 1.82) is 0 Å². The first-order chi connectivity index (χ1) is 13.5. The normalized spacial score (nSPS) is 17.7.